The van der Waals surface area contributed by atoms with Gasteiger partial charge in [0.2, 0.25) is 0 Å². The summed E-state index contributed by atoms with van der Waals surface area (Å²) >= 11 is 0. The van der Waals surface area contributed by atoms with Crippen molar-refractivity contribution in [1.82, 2.24) is 4.90 Å². The summed E-state index contributed by atoms with van der Waals surface area (Å²) in [5.74, 6) is 3.05. The van der Waals surface area contributed by atoms with Crippen molar-refractivity contribution in [3.05, 3.63) is 47.5 Å². The quantitative estimate of drug-likeness (QED) is 0.676. The number of benzene rings is 2. The number of hydrogen-bond acceptors (Lipinski definition) is 6. The molecule has 1 aliphatic heterocycles. The van der Waals surface area contributed by atoms with Gasteiger partial charge in [0.05, 0.1) is 40.6 Å². The molecule has 0 spiro atoms. The lowest BCUT2D eigenvalue weighted by atomic mass is 9.75. The van der Waals surface area contributed by atoms with E-state index < -0.39 is 0 Å². The standard InChI is InChI=1S/C24H33NO5/c1-27-19-8-5-7-18(11-19)14-24(17-26)9-6-10-25(16-24)15-21-22(29-3)12-20(28-2)13-23(21)30-4/h5,7-8,11-13,26H,6,9-10,14-17H2,1-4H3/t24-/m1/s1. The zero-order valence-corrected chi connectivity index (χ0v) is 18.4. The fourth-order valence-corrected chi connectivity index (χ4v) is 4.45. The summed E-state index contributed by atoms with van der Waals surface area (Å²) in [6.45, 7) is 2.62. The lowest BCUT2D eigenvalue weighted by Crippen LogP contribution is -2.46. The number of rotatable bonds is 9. The molecule has 0 unspecified atom stereocenters. The Hall–Kier alpha value is -2.44. The molecule has 0 aliphatic carbocycles. The molecule has 6 nitrogen and oxygen atoms in total. The van der Waals surface area contributed by atoms with E-state index in [0.29, 0.717) is 12.3 Å². The lowest BCUT2D eigenvalue weighted by molar-refractivity contribution is 0.0282. The molecule has 0 radical (unpaired) electrons. The van der Waals surface area contributed by atoms with Gasteiger partial charge in [0.1, 0.15) is 23.0 Å². The summed E-state index contributed by atoms with van der Waals surface area (Å²) in [4.78, 5) is 2.38. The van der Waals surface area contributed by atoms with Gasteiger partial charge in [0.15, 0.2) is 0 Å². The molecular weight excluding hydrogens is 382 g/mol. The van der Waals surface area contributed by atoms with Gasteiger partial charge in [-0.3, -0.25) is 4.90 Å². The Morgan fingerprint density at radius 3 is 2.23 bits per heavy atom. The first-order valence-corrected chi connectivity index (χ1v) is 10.3. The zero-order chi connectivity index (χ0) is 21.6. The van der Waals surface area contributed by atoms with Gasteiger partial charge in [-0.15, -0.1) is 0 Å². The normalized spacial score (nSPS) is 19.4. The average Bonchev–Trinajstić information content (AvgIpc) is 2.79. The Balaban J connectivity index is 1.81. The fraction of sp³-hybridized carbons (Fsp3) is 0.500. The van der Waals surface area contributed by atoms with E-state index in [-0.39, 0.29) is 12.0 Å². The summed E-state index contributed by atoms with van der Waals surface area (Å²) in [6, 6.07) is 11.9. The number of methoxy groups -OCH3 is 4. The van der Waals surface area contributed by atoms with Crippen molar-refractivity contribution >= 4 is 0 Å². The van der Waals surface area contributed by atoms with Crippen LogP contribution in [0.3, 0.4) is 0 Å². The predicted octanol–water partition coefficient (Wildman–Crippen LogP) is 3.54. The van der Waals surface area contributed by atoms with E-state index >= 15 is 0 Å². The van der Waals surface area contributed by atoms with Gasteiger partial charge >= 0.3 is 0 Å². The number of aliphatic hydroxyl groups is 1. The Kier molecular flexibility index (Phi) is 7.45. The van der Waals surface area contributed by atoms with Crippen molar-refractivity contribution in [3.63, 3.8) is 0 Å². The lowest BCUT2D eigenvalue weighted by Gasteiger charge is -2.42. The molecule has 30 heavy (non-hydrogen) atoms. The monoisotopic (exact) mass is 415 g/mol. The highest BCUT2D eigenvalue weighted by atomic mass is 16.5. The second-order valence-electron chi connectivity index (χ2n) is 8.01. The van der Waals surface area contributed by atoms with Gasteiger partial charge in [-0.2, -0.15) is 0 Å². The van der Waals surface area contributed by atoms with Crippen LogP contribution >= 0.6 is 0 Å². The first-order chi connectivity index (χ1) is 14.6. The maximum atomic E-state index is 10.4. The molecule has 0 bridgehead atoms. The second kappa shape index (κ2) is 10.0. The molecule has 1 N–H and O–H groups in total. The van der Waals surface area contributed by atoms with Crippen LogP contribution in [-0.4, -0.2) is 58.1 Å². The van der Waals surface area contributed by atoms with E-state index in [1.165, 1.54) is 5.56 Å². The number of aliphatic hydroxyl groups excluding tert-OH is 1. The van der Waals surface area contributed by atoms with Gasteiger partial charge in [-0.1, -0.05) is 12.1 Å². The molecule has 2 aromatic carbocycles. The number of likely N-dealkylation sites (tertiary alicyclic amines) is 1. The first kappa shape index (κ1) is 22.2. The molecule has 0 aromatic heterocycles. The Morgan fingerprint density at radius 1 is 0.933 bits per heavy atom. The highest BCUT2D eigenvalue weighted by Gasteiger charge is 2.35. The third kappa shape index (κ3) is 4.99. The van der Waals surface area contributed by atoms with Crippen LogP contribution in [0.25, 0.3) is 0 Å². The minimum atomic E-state index is -0.183. The fourth-order valence-electron chi connectivity index (χ4n) is 4.45. The maximum Gasteiger partial charge on any atom is 0.130 e. The van der Waals surface area contributed by atoms with Gasteiger partial charge < -0.3 is 24.1 Å². The van der Waals surface area contributed by atoms with Crippen LogP contribution < -0.4 is 18.9 Å². The number of ether oxygens (including phenoxy) is 4. The van der Waals surface area contributed by atoms with Crippen molar-refractivity contribution < 1.29 is 24.1 Å². The van der Waals surface area contributed by atoms with Crippen LogP contribution in [0.1, 0.15) is 24.0 Å². The molecule has 1 saturated heterocycles. The molecular formula is C24H33NO5. The first-order valence-electron chi connectivity index (χ1n) is 10.3. The highest BCUT2D eigenvalue weighted by Crippen LogP contribution is 2.38. The molecule has 1 fully saturated rings. The summed E-state index contributed by atoms with van der Waals surface area (Å²) < 4.78 is 22.0. The number of hydrogen-bond donors (Lipinski definition) is 1. The zero-order valence-electron chi connectivity index (χ0n) is 18.4. The van der Waals surface area contributed by atoms with Gasteiger partial charge in [0, 0.05) is 30.6 Å². The van der Waals surface area contributed by atoms with Crippen molar-refractivity contribution in [1.29, 1.82) is 0 Å². The smallest absolute Gasteiger partial charge is 0.130 e. The molecule has 1 heterocycles. The summed E-state index contributed by atoms with van der Waals surface area (Å²) in [5.41, 5.74) is 2.00. The third-order valence-electron chi connectivity index (χ3n) is 5.99. The molecule has 0 amide bonds. The van der Waals surface area contributed by atoms with Crippen LogP contribution in [0, 0.1) is 5.41 Å². The van der Waals surface area contributed by atoms with Crippen LogP contribution in [0.4, 0.5) is 0 Å². The van der Waals surface area contributed by atoms with E-state index in [1.807, 2.05) is 24.3 Å². The molecule has 2 aromatic rings. The van der Waals surface area contributed by atoms with Gasteiger partial charge in [-0.05, 0) is 43.5 Å². The molecule has 164 valence electrons. The van der Waals surface area contributed by atoms with E-state index in [0.717, 1.165) is 55.2 Å². The van der Waals surface area contributed by atoms with Gasteiger partial charge in [0.25, 0.3) is 0 Å². The van der Waals surface area contributed by atoms with E-state index in [1.54, 1.807) is 28.4 Å². The average molecular weight is 416 g/mol. The Labute approximate surface area is 179 Å². The van der Waals surface area contributed by atoms with Crippen LogP contribution in [0.15, 0.2) is 36.4 Å². The van der Waals surface area contributed by atoms with Crippen molar-refractivity contribution in [3.8, 4) is 23.0 Å². The number of piperidine rings is 1. The van der Waals surface area contributed by atoms with E-state index in [9.17, 15) is 5.11 Å². The molecule has 6 heteroatoms. The summed E-state index contributed by atoms with van der Waals surface area (Å²) in [6.07, 6.45) is 2.84. The minimum absolute atomic E-state index is 0.150. The van der Waals surface area contributed by atoms with Crippen molar-refractivity contribution in [2.24, 2.45) is 5.41 Å². The predicted molar refractivity (Wildman–Crippen MR) is 117 cm³/mol. The van der Waals surface area contributed by atoms with E-state index in [4.69, 9.17) is 18.9 Å². The van der Waals surface area contributed by atoms with Crippen molar-refractivity contribution in [2.45, 2.75) is 25.8 Å². The molecule has 3 rings (SSSR count). The Bertz CT molecular complexity index is 815. The van der Waals surface area contributed by atoms with Crippen molar-refractivity contribution in [2.75, 3.05) is 48.1 Å². The number of nitrogens with zero attached hydrogens (tertiary/aromatic N) is 1. The molecule has 0 saturated carbocycles. The molecule has 1 atom stereocenters. The minimum Gasteiger partial charge on any atom is -0.497 e. The van der Waals surface area contributed by atoms with E-state index in [2.05, 4.69) is 17.0 Å². The topological polar surface area (TPSA) is 60.4 Å². The maximum absolute atomic E-state index is 10.4. The second-order valence-corrected chi connectivity index (χ2v) is 8.01. The van der Waals surface area contributed by atoms with Crippen LogP contribution in [0.5, 0.6) is 23.0 Å². The van der Waals surface area contributed by atoms with Gasteiger partial charge in [-0.25, -0.2) is 0 Å². The summed E-state index contributed by atoms with van der Waals surface area (Å²) in [7, 11) is 6.63. The Morgan fingerprint density at radius 2 is 1.63 bits per heavy atom. The third-order valence-corrected chi connectivity index (χ3v) is 5.99. The highest BCUT2D eigenvalue weighted by molar-refractivity contribution is 5.50. The SMILES string of the molecule is COc1cccc(C[C@]2(CO)CCCN(Cc3c(OC)cc(OC)cc3OC)C2)c1. The summed E-state index contributed by atoms with van der Waals surface area (Å²) in [5, 5.41) is 10.4. The van der Waals surface area contributed by atoms with Crippen LogP contribution in [-0.2, 0) is 13.0 Å². The molecule has 1 aliphatic rings. The largest absolute Gasteiger partial charge is 0.497 e. The van der Waals surface area contributed by atoms with Crippen LogP contribution in [0.2, 0.25) is 0 Å².